The Labute approximate surface area is 135 Å². The number of carbonyl (C=O) groups is 1. The lowest BCUT2D eigenvalue weighted by Gasteiger charge is -2.06. The lowest BCUT2D eigenvalue weighted by atomic mass is 10.1. The zero-order valence-corrected chi connectivity index (χ0v) is 13.0. The number of fused-ring (bicyclic) bond motifs is 1. The topological polar surface area (TPSA) is 51.5 Å². The highest BCUT2D eigenvalue weighted by Gasteiger charge is 2.07. The summed E-state index contributed by atoms with van der Waals surface area (Å²) in [4.78, 5) is 12.0. The SMILES string of the molecule is COc1ccc(CC(=O)NCCc2coc3ccccc23)cc1. The van der Waals surface area contributed by atoms with Crippen LogP contribution in [0.25, 0.3) is 11.0 Å². The molecule has 0 radical (unpaired) electrons. The number of carbonyl (C=O) groups excluding carboxylic acids is 1. The maximum Gasteiger partial charge on any atom is 0.224 e. The van der Waals surface area contributed by atoms with Crippen LogP contribution in [0.4, 0.5) is 0 Å². The molecule has 0 saturated heterocycles. The molecule has 3 rings (SSSR count). The number of hydrogen-bond donors (Lipinski definition) is 1. The summed E-state index contributed by atoms with van der Waals surface area (Å²) in [6, 6.07) is 15.5. The Morgan fingerprint density at radius 3 is 2.70 bits per heavy atom. The fourth-order valence-electron chi connectivity index (χ4n) is 2.55. The van der Waals surface area contributed by atoms with Crippen molar-refractivity contribution in [3.63, 3.8) is 0 Å². The predicted octanol–water partition coefficient (Wildman–Crippen LogP) is 3.34. The molecule has 0 unspecified atom stereocenters. The van der Waals surface area contributed by atoms with Crippen LogP contribution in [0.5, 0.6) is 5.75 Å². The molecule has 1 heterocycles. The van der Waals surface area contributed by atoms with Gasteiger partial charge in [0.05, 0.1) is 19.8 Å². The van der Waals surface area contributed by atoms with E-state index in [1.807, 2.05) is 48.5 Å². The Hall–Kier alpha value is -2.75. The van der Waals surface area contributed by atoms with Crippen LogP contribution in [-0.2, 0) is 17.6 Å². The van der Waals surface area contributed by atoms with Crippen LogP contribution in [0.2, 0.25) is 0 Å². The van der Waals surface area contributed by atoms with Gasteiger partial charge in [0.15, 0.2) is 0 Å². The van der Waals surface area contributed by atoms with Crippen molar-refractivity contribution in [1.29, 1.82) is 0 Å². The van der Waals surface area contributed by atoms with E-state index < -0.39 is 0 Å². The molecule has 4 nitrogen and oxygen atoms in total. The first kappa shape index (κ1) is 15.2. The summed E-state index contributed by atoms with van der Waals surface area (Å²) >= 11 is 0. The average molecular weight is 309 g/mol. The van der Waals surface area contributed by atoms with E-state index >= 15 is 0 Å². The molecule has 1 aromatic heterocycles. The van der Waals surface area contributed by atoms with E-state index in [0.717, 1.165) is 34.3 Å². The summed E-state index contributed by atoms with van der Waals surface area (Å²) < 4.78 is 10.6. The lowest BCUT2D eigenvalue weighted by Crippen LogP contribution is -2.27. The first-order chi connectivity index (χ1) is 11.3. The Bertz CT molecular complexity index is 790. The van der Waals surface area contributed by atoms with Crippen molar-refractivity contribution in [2.24, 2.45) is 0 Å². The van der Waals surface area contributed by atoms with Gasteiger partial charge in [-0.15, -0.1) is 0 Å². The van der Waals surface area contributed by atoms with Gasteiger partial charge in [-0.3, -0.25) is 4.79 Å². The van der Waals surface area contributed by atoms with Crippen LogP contribution >= 0.6 is 0 Å². The molecule has 118 valence electrons. The molecule has 4 heteroatoms. The highest BCUT2D eigenvalue weighted by atomic mass is 16.5. The van der Waals surface area contributed by atoms with Gasteiger partial charge in [-0.2, -0.15) is 0 Å². The Kier molecular flexibility index (Phi) is 4.62. The smallest absolute Gasteiger partial charge is 0.224 e. The minimum Gasteiger partial charge on any atom is -0.497 e. The van der Waals surface area contributed by atoms with E-state index in [-0.39, 0.29) is 5.91 Å². The summed E-state index contributed by atoms with van der Waals surface area (Å²) in [6.07, 6.45) is 2.89. The molecule has 0 saturated carbocycles. The van der Waals surface area contributed by atoms with E-state index in [0.29, 0.717) is 13.0 Å². The quantitative estimate of drug-likeness (QED) is 0.760. The van der Waals surface area contributed by atoms with Crippen molar-refractivity contribution in [2.75, 3.05) is 13.7 Å². The molecule has 0 bridgehead atoms. The summed E-state index contributed by atoms with van der Waals surface area (Å²) in [7, 11) is 1.63. The molecule has 1 amide bonds. The number of ether oxygens (including phenoxy) is 1. The number of nitrogens with one attached hydrogen (secondary N) is 1. The first-order valence-electron chi connectivity index (χ1n) is 7.61. The third-order valence-electron chi connectivity index (χ3n) is 3.80. The van der Waals surface area contributed by atoms with E-state index in [1.54, 1.807) is 13.4 Å². The molecule has 23 heavy (non-hydrogen) atoms. The van der Waals surface area contributed by atoms with Crippen molar-refractivity contribution in [3.8, 4) is 5.75 Å². The molecule has 0 spiro atoms. The van der Waals surface area contributed by atoms with Gasteiger partial charge in [0.2, 0.25) is 5.91 Å². The highest BCUT2D eigenvalue weighted by molar-refractivity contribution is 5.81. The van der Waals surface area contributed by atoms with Gasteiger partial charge >= 0.3 is 0 Å². The van der Waals surface area contributed by atoms with Gasteiger partial charge in [0, 0.05) is 11.9 Å². The van der Waals surface area contributed by atoms with Crippen molar-refractivity contribution in [2.45, 2.75) is 12.8 Å². The maximum absolute atomic E-state index is 12.0. The zero-order chi connectivity index (χ0) is 16.1. The fraction of sp³-hybridized carbons (Fsp3) is 0.211. The number of amides is 1. The number of methoxy groups -OCH3 is 1. The Morgan fingerprint density at radius 1 is 1.13 bits per heavy atom. The second-order valence-corrected chi connectivity index (χ2v) is 5.38. The molecule has 1 N–H and O–H groups in total. The third-order valence-corrected chi connectivity index (χ3v) is 3.80. The molecule has 0 aliphatic rings. The fourth-order valence-corrected chi connectivity index (χ4v) is 2.55. The van der Waals surface area contributed by atoms with E-state index in [4.69, 9.17) is 9.15 Å². The minimum atomic E-state index is 0.0166. The molecular weight excluding hydrogens is 290 g/mol. The van der Waals surface area contributed by atoms with Gasteiger partial charge in [-0.25, -0.2) is 0 Å². The molecule has 0 aliphatic heterocycles. The van der Waals surface area contributed by atoms with E-state index in [2.05, 4.69) is 5.32 Å². The number of rotatable bonds is 6. The van der Waals surface area contributed by atoms with Crippen molar-refractivity contribution in [3.05, 3.63) is 65.9 Å². The van der Waals surface area contributed by atoms with Crippen LogP contribution in [0.3, 0.4) is 0 Å². The standard InChI is InChI=1S/C19H19NO3/c1-22-16-8-6-14(7-9-16)12-19(21)20-11-10-15-13-23-18-5-3-2-4-17(15)18/h2-9,13H,10-12H2,1H3,(H,20,21). The zero-order valence-electron chi connectivity index (χ0n) is 13.0. The van der Waals surface area contributed by atoms with Gasteiger partial charge < -0.3 is 14.5 Å². The first-order valence-corrected chi connectivity index (χ1v) is 7.61. The lowest BCUT2D eigenvalue weighted by molar-refractivity contribution is -0.120. The molecule has 0 atom stereocenters. The number of hydrogen-bond acceptors (Lipinski definition) is 3. The van der Waals surface area contributed by atoms with E-state index in [9.17, 15) is 4.79 Å². The normalized spacial score (nSPS) is 10.7. The summed E-state index contributed by atoms with van der Waals surface area (Å²) in [5, 5.41) is 4.06. The highest BCUT2D eigenvalue weighted by Crippen LogP contribution is 2.20. The molecule has 2 aromatic carbocycles. The summed E-state index contributed by atoms with van der Waals surface area (Å²) in [6.45, 7) is 0.596. The van der Waals surface area contributed by atoms with Gasteiger partial charge in [-0.1, -0.05) is 30.3 Å². The average Bonchev–Trinajstić information content (AvgIpc) is 2.99. The summed E-state index contributed by atoms with van der Waals surface area (Å²) in [5.41, 5.74) is 2.97. The Morgan fingerprint density at radius 2 is 1.91 bits per heavy atom. The number of furan rings is 1. The third kappa shape index (κ3) is 3.72. The van der Waals surface area contributed by atoms with Crippen molar-refractivity contribution >= 4 is 16.9 Å². The van der Waals surface area contributed by atoms with E-state index in [1.165, 1.54) is 0 Å². The van der Waals surface area contributed by atoms with Crippen LogP contribution in [0.1, 0.15) is 11.1 Å². The molecule has 0 fully saturated rings. The van der Waals surface area contributed by atoms with Gasteiger partial charge in [0.25, 0.3) is 0 Å². The van der Waals surface area contributed by atoms with Gasteiger partial charge in [-0.05, 0) is 35.7 Å². The van der Waals surface area contributed by atoms with Crippen LogP contribution < -0.4 is 10.1 Å². The Balaban J connectivity index is 1.51. The predicted molar refractivity (Wildman–Crippen MR) is 89.6 cm³/mol. The van der Waals surface area contributed by atoms with Crippen molar-refractivity contribution < 1.29 is 13.9 Å². The number of benzene rings is 2. The monoisotopic (exact) mass is 309 g/mol. The van der Waals surface area contributed by atoms with Gasteiger partial charge in [0.1, 0.15) is 11.3 Å². The second-order valence-electron chi connectivity index (χ2n) is 5.38. The number of para-hydroxylation sites is 1. The molecule has 0 aliphatic carbocycles. The summed E-state index contributed by atoms with van der Waals surface area (Å²) in [5.74, 6) is 0.809. The van der Waals surface area contributed by atoms with Crippen molar-refractivity contribution in [1.82, 2.24) is 5.32 Å². The molecular formula is C19H19NO3. The molecule has 3 aromatic rings. The largest absolute Gasteiger partial charge is 0.497 e. The van der Waals surface area contributed by atoms with Crippen LogP contribution in [0.15, 0.2) is 59.2 Å². The van der Waals surface area contributed by atoms with Crippen LogP contribution in [-0.4, -0.2) is 19.6 Å². The maximum atomic E-state index is 12.0. The second kappa shape index (κ2) is 7.01. The minimum absolute atomic E-state index is 0.0166. The van der Waals surface area contributed by atoms with Crippen LogP contribution in [0, 0.1) is 0 Å².